The summed E-state index contributed by atoms with van der Waals surface area (Å²) >= 11 is 0. The van der Waals surface area contributed by atoms with E-state index in [0.29, 0.717) is 33.5 Å². The molecule has 0 saturated carbocycles. The number of hydrogen-bond acceptors (Lipinski definition) is 4. The first-order chi connectivity index (χ1) is 13.1. The molecule has 3 rings (SSSR count). The summed E-state index contributed by atoms with van der Waals surface area (Å²) in [5.74, 6) is -0.787. The number of aromatic nitrogens is 3. The summed E-state index contributed by atoms with van der Waals surface area (Å²) in [5, 5.41) is 5.01. The van der Waals surface area contributed by atoms with Gasteiger partial charge in [0.25, 0.3) is 11.8 Å². The highest BCUT2D eigenvalue weighted by molar-refractivity contribution is 6.07. The predicted octanol–water partition coefficient (Wildman–Crippen LogP) is 2.96. The molecule has 2 aromatic heterocycles. The van der Waals surface area contributed by atoms with Crippen LogP contribution in [0.5, 0.6) is 0 Å². The van der Waals surface area contributed by atoms with Gasteiger partial charge in [-0.2, -0.15) is 5.10 Å². The van der Waals surface area contributed by atoms with Crippen molar-refractivity contribution in [1.29, 1.82) is 0 Å². The minimum atomic E-state index is -0.411. The van der Waals surface area contributed by atoms with E-state index >= 15 is 0 Å². The van der Waals surface area contributed by atoms with Crippen molar-refractivity contribution < 1.29 is 9.59 Å². The molecule has 3 aromatic rings. The normalized spacial score (nSPS) is 11.5. The number of pyridine rings is 1. The van der Waals surface area contributed by atoms with E-state index in [1.54, 1.807) is 29.9 Å². The number of rotatable bonds is 2. The van der Waals surface area contributed by atoms with Crippen LogP contribution in [-0.2, 0) is 12.5 Å². The fraction of sp³-hybridized carbons (Fsp3) is 0.333. The molecule has 2 amide bonds. The molecule has 0 unspecified atom stereocenters. The van der Waals surface area contributed by atoms with E-state index < -0.39 is 5.91 Å². The zero-order valence-corrected chi connectivity index (χ0v) is 17.0. The Labute approximate surface area is 164 Å². The standard InChI is InChI=1S/C21H25N5O2/c1-12-11-16(17-13(2)25-26(6)18(17)22-12)20(28)24-23-19(27)14-7-9-15(10-8-14)21(3,4)5/h7-11H,1-6H3,(H,23,27)(H,24,28). The Morgan fingerprint density at radius 1 is 1.00 bits per heavy atom. The number of fused-ring (bicyclic) bond motifs is 1. The topological polar surface area (TPSA) is 88.9 Å². The second-order valence-electron chi connectivity index (χ2n) is 7.95. The van der Waals surface area contributed by atoms with Crippen molar-refractivity contribution in [2.45, 2.75) is 40.0 Å². The SMILES string of the molecule is Cc1cc(C(=O)NNC(=O)c2ccc(C(C)(C)C)cc2)c2c(C)nn(C)c2n1. The lowest BCUT2D eigenvalue weighted by Gasteiger charge is -2.19. The summed E-state index contributed by atoms with van der Waals surface area (Å²) in [6.45, 7) is 9.97. The molecule has 0 fully saturated rings. The quantitative estimate of drug-likeness (QED) is 0.670. The first kappa shape index (κ1) is 19.5. The molecule has 0 saturated heterocycles. The average Bonchev–Trinajstić information content (AvgIpc) is 2.92. The third kappa shape index (κ3) is 3.74. The number of carbonyl (C=O) groups is 2. The van der Waals surface area contributed by atoms with Crippen LogP contribution in [0.4, 0.5) is 0 Å². The summed E-state index contributed by atoms with van der Waals surface area (Å²) in [4.78, 5) is 29.5. The molecule has 0 bridgehead atoms. The Morgan fingerprint density at radius 3 is 2.21 bits per heavy atom. The average molecular weight is 379 g/mol. The molecule has 1 aromatic carbocycles. The maximum atomic E-state index is 12.7. The van der Waals surface area contributed by atoms with Gasteiger partial charge in [0, 0.05) is 18.3 Å². The minimum Gasteiger partial charge on any atom is -0.267 e. The fourth-order valence-electron chi connectivity index (χ4n) is 3.12. The van der Waals surface area contributed by atoms with Crippen molar-refractivity contribution in [2.75, 3.05) is 0 Å². The number of hydrogen-bond donors (Lipinski definition) is 2. The molecule has 0 radical (unpaired) electrons. The monoisotopic (exact) mass is 379 g/mol. The van der Waals surface area contributed by atoms with Crippen LogP contribution in [0.15, 0.2) is 30.3 Å². The van der Waals surface area contributed by atoms with Crippen LogP contribution in [-0.4, -0.2) is 26.6 Å². The zero-order valence-electron chi connectivity index (χ0n) is 17.0. The van der Waals surface area contributed by atoms with Crippen LogP contribution in [0.1, 0.15) is 58.4 Å². The third-order valence-corrected chi connectivity index (χ3v) is 4.64. The largest absolute Gasteiger partial charge is 0.270 e. The highest BCUT2D eigenvalue weighted by atomic mass is 16.2. The van der Waals surface area contributed by atoms with Crippen LogP contribution < -0.4 is 10.9 Å². The lowest BCUT2D eigenvalue weighted by molar-refractivity contribution is 0.0847. The van der Waals surface area contributed by atoms with Gasteiger partial charge in [0.1, 0.15) is 0 Å². The first-order valence-corrected chi connectivity index (χ1v) is 9.10. The van der Waals surface area contributed by atoms with E-state index in [9.17, 15) is 9.59 Å². The minimum absolute atomic E-state index is 0.00930. The number of benzene rings is 1. The van der Waals surface area contributed by atoms with Crippen LogP contribution in [0, 0.1) is 13.8 Å². The van der Waals surface area contributed by atoms with Gasteiger partial charge in [-0.25, -0.2) is 4.98 Å². The number of hydrazine groups is 1. The predicted molar refractivity (Wildman–Crippen MR) is 108 cm³/mol. The highest BCUT2D eigenvalue weighted by Crippen LogP contribution is 2.23. The van der Waals surface area contributed by atoms with Gasteiger partial charge in [-0.15, -0.1) is 0 Å². The number of nitrogens with zero attached hydrogens (tertiary/aromatic N) is 3. The summed E-state index contributed by atoms with van der Waals surface area (Å²) in [6.07, 6.45) is 0. The molecular formula is C21H25N5O2. The first-order valence-electron chi connectivity index (χ1n) is 9.10. The second-order valence-corrected chi connectivity index (χ2v) is 7.95. The van der Waals surface area contributed by atoms with Crippen molar-refractivity contribution in [3.63, 3.8) is 0 Å². The Hall–Kier alpha value is -3.22. The number of aryl methyl sites for hydroxylation is 3. The lowest BCUT2D eigenvalue weighted by atomic mass is 9.87. The highest BCUT2D eigenvalue weighted by Gasteiger charge is 2.19. The fourth-order valence-corrected chi connectivity index (χ4v) is 3.12. The van der Waals surface area contributed by atoms with E-state index in [4.69, 9.17) is 0 Å². The molecule has 7 heteroatoms. The zero-order chi connectivity index (χ0) is 20.6. The molecule has 0 atom stereocenters. The number of amides is 2. The summed E-state index contributed by atoms with van der Waals surface area (Å²) in [6, 6.07) is 9.04. The van der Waals surface area contributed by atoms with Gasteiger partial charge in [-0.3, -0.25) is 25.1 Å². The summed E-state index contributed by atoms with van der Waals surface area (Å²) in [7, 11) is 1.78. The molecular weight excluding hydrogens is 354 g/mol. The maximum absolute atomic E-state index is 12.7. The van der Waals surface area contributed by atoms with Crippen molar-refractivity contribution in [2.24, 2.45) is 7.05 Å². The van der Waals surface area contributed by atoms with Crippen LogP contribution >= 0.6 is 0 Å². The lowest BCUT2D eigenvalue weighted by Crippen LogP contribution is -2.41. The molecule has 2 heterocycles. The van der Waals surface area contributed by atoms with Crippen LogP contribution in [0.2, 0.25) is 0 Å². The molecule has 7 nitrogen and oxygen atoms in total. The van der Waals surface area contributed by atoms with E-state index in [-0.39, 0.29) is 11.3 Å². The number of carbonyl (C=O) groups excluding carboxylic acids is 2. The number of nitrogens with one attached hydrogen (secondary N) is 2. The maximum Gasteiger partial charge on any atom is 0.270 e. The molecule has 0 aliphatic carbocycles. The Balaban J connectivity index is 1.77. The van der Waals surface area contributed by atoms with Gasteiger partial charge in [0.15, 0.2) is 5.65 Å². The molecule has 0 aliphatic rings. The van der Waals surface area contributed by atoms with Crippen molar-refractivity contribution in [1.82, 2.24) is 25.6 Å². The van der Waals surface area contributed by atoms with E-state index in [1.165, 1.54) is 0 Å². The van der Waals surface area contributed by atoms with E-state index in [0.717, 1.165) is 5.56 Å². The van der Waals surface area contributed by atoms with Gasteiger partial charge in [-0.1, -0.05) is 32.9 Å². The van der Waals surface area contributed by atoms with Crippen molar-refractivity contribution in [3.05, 3.63) is 58.4 Å². The smallest absolute Gasteiger partial charge is 0.267 e. The van der Waals surface area contributed by atoms with Crippen molar-refractivity contribution >= 4 is 22.8 Å². The van der Waals surface area contributed by atoms with E-state index in [2.05, 4.69) is 41.7 Å². The van der Waals surface area contributed by atoms with Crippen molar-refractivity contribution in [3.8, 4) is 0 Å². The van der Waals surface area contributed by atoms with Crippen LogP contribution in [0.3, 0.4) is 0 Å². The summed E-state index contributed by atoms with van der Waals surface area (Å²) < 4.78 is 1.64. The molecule has 28 heavy (non-hydrogen) atoms. The van der Waals surface area contributed by atoms with Gasteiger partial charge in [0.2, 0.25) is 0 Å². The van der Waals surface area contributed by atoms with Gasteiger partial charge in [-0.05, 0) is 43.0 Å². The third-order valence-electron chi connectivity index (χ3n) is 4.64. The van der Waals surface area contributed by atoms with Crippen LogP contribution in [0.25, 0.3) is 11.0 Å². The Bertz CT molecular complexity index is 1060. The Kier molecular flexibility index (Phi) is 4.93. The van der Waals surface area contributed by atoms with Gasteiger partial charge in [0.05, 0.1) is 16.6 Å². The Morgan fingerprint density at radius 2 is 1.61 bits per heavy atom. The van der Waals surface area contributed by atoms with Gasteiger partial charge < -0.3 is 0 Å². The molecule has 2 N–H and O–H groups in total. The molecule has 0 aliphatic heterocycles. The summed E-state index contributed by atoms with van der Waals surface area (Å²) in [5.41, 5.74) is 9.06. The van der Waals surface area contributed by atoms with Gasteiger partial charge >= 0.3 is 0 Å². The molecule has 0 spiro atoms. The van der Waals surface area contributed by atoms with E-state index in [1.807, 2.05) is 26.0 Å². The second kappa shape index (κ2) is 7.07. The molecule has 146 valence electrons.